The molecule has 0 bridgehead atoms. The van der Waals surface area contributed by atoms with Crippen LogP contribution in [0.4, 0.5) is 0 Å². The summed E-state index contributed by atoms with van der Waals surface area (Å²) in [7, 11) is 1.99. The highest BCUT2D eigenvalue weighted by Crippen LogP contribution is 2.50. The minimum absolute atomic E-state index is 0.0335. The van der Waals surface area contributed by atoms with Crippen molar-refractivity contribution >= 4 is 0 Å². The summed E-state index contributed by atoms with van der Waals surface area (Å²) in [5, 5.41) is 7.10. The third-order valence-corrected chi connectivity index (χ3v) is 5.40. The fraction of sp³-hybridized carbons (Fsp3) is 1.00. The Morgan fingerprint density at radius 3 is 1.50 bits per heavy atom. The van der Waals surface area contributed by atoms with E-state index in [1.165, 1.54) is 0 Å². The maximum absolute atomic E-state index is 6.28. The molecule has 0 fully saturated rings. The molecule has 3 heteroatoms. The van der Waals surface area contributed by atoms with Gasteiger partial charge in [0.05, 0.1) is 5.66 Å². The van der Waals surface area contributed by atoms with Gasteiger partial charge in [-0.3, -0.25) is 5.32 Å². The molecule has 0 saturated carbocycles. The monoisotopic (exact) mass is 285 g/mol. The van der Waals surface area contributed by atoms with Crippen molar-refractivity contribution in [2.45, 2.75) is 92.4 Å². The Balaban J connectivity index is 5.38. The van der Waals surface area contributed by atoms with Crippen molar-refractivity contribution in [1.82, 2.24) is 10.6 Å². The molecule has 0 rings (SSSR count). The van der Waals surface area contributed by atoms with Crippen molar-refractivity contribution in [2.75, 3.05) is 7.05 Å². The minimum Gasteiger partial charge on any atom is -0.326 e. The largest absolute Gasteiger partial charge is 0.326 e. The van der Waals surface area contributed by atoms with Gasteiger partial charge in [0.1, 0.15) is 0 Å². The van der Waals surface area contributed by atoms with Gasteiger partial charge in [0.15, 0.2) is 0 Å². The molecule has 0 aliphatic heterocycles. The lowest BCUT2D eigenvalue weighted by atomic mass is 9.55. The van der Waals surface area contributed by atoms with Gasteiger partial charge in [-0.05, 0) is 65.8 Å². The Labute approximate surface area is 127 Å². The Bertz CT molecular complexity index is 320. The van der Waals surface area contributed by atoms with E-state index in [4.69, 9.17) is 5.73 Å². The van der Waals surface area contributed by atoms with Crippen LogP contribution in [0.2, 0.25) is 0 Å². The van der Waals surface area contributed by atoms with Crippen LogP contribution in [0.3, 0.4) is 0 Å². The van der Waals surface area contributed by atoms with Gasteiger partial charge in [0.2, 0.25) is 0 Å². The van der Waals surface area contributed by atoms with Gasteiger partial charge in [-0.25, -0.2) is 0 Å². The minimum atomic E-state index is -0.157. The number of nitrogens with one attached hydrogen (secondary N) is 2. The summed E-state index contributed by atoms with van der Waals surface area (Å²) < 4.78 is 0. The summed E-state index contributed by atoms with van der Waals surface area (Å²) in [5.74, 6) is 0. The Morgan fingerprint density at radius 1 is 0.800 bits per heavy atom. The molecule has 4 N–H and O–H groups in total. The van der Waals surface area contributed by atoms with Gasteiger partial charge in [-0.2, -0.15) is 0 Å². The molecule has 0 saturated heterocycles. The topological polar surface area (TPSA) is 50.1 Å². The fourth-order valence-electron chi connectivity index (χ4n) is 3.21. The molecular weight excluding hydrogens is 246 g/mol. The molecule has 20 heavy (non-hydrogen) atoms. The molecule has 0 amide bonds. The van der Waals surface area contributed by atoms with Crippen molar-refractivity contribution in [3.05, 3.63) is 0 Å². The van der Waals surface area contributed by atoms with Crippen molar-refractivity contribution in [1.29, 1.82) is 0 Å². The van der Waals surface area contributed by atoms with Crippen molar-refractivity contribution in [3.8, 4) is 0 Å². The van der Waals surface area contributed by atoms with E-state index in [0.717, 1.165) is 6.42 Å². The molecule has 0 aromatic carbocycles. The second kappa shape index (κ2) is 5.58. The van der Waals surface area contributed by atoms with Crippen molar-refractivity contribution in [2.24, 2.45) is 16.6 Å². The zero-order valence-electron chi connectivity index (χ0n) is 15.8. The van der Waals surface area contributed by atoms with Crippen LogP contribution in [0.25, 0.3) is 0 Å². The van der Waals surface area contributed by atoms with Crippen molar-refractivity contribution in [3.63, 3.8) is 0 Å². The SMILES string of the molecule is CNC(C)(C)NC(C)(C)C(C)(C)C(C)(C)CC(C)(C)N. The molecule has 0 radical (unpaired) electrons. The molecule has 0 aliphatic carbocycles. The predicted molar refractivity (Wildman–Crippen MR) is 90.8 cm³/mol. The molecule has 122 valence electrons. The Hall–Kier alpha value is -0.120. The molecule has 0 atom stereocenters. The standard InChI is InChI=1S/C17H39N3/c1-13(2,12-14(3,4)18)15(5,6)16(7,8)20-17(9,10)19-11/h19-20H,12,18H2,1-11H3. The molecule has 0 spiro atoms. The van der Waals surface area contributed by atoms with Crippen LogP contribution >= 0.6 is 0 Å². The number of rotatable bonds is 7. The molecule has 0 aromatic rings. The van der Waals surface area contributed by atoms with Gasteiger partial charge in [0, 0.05) is 11.1 Å². The fourth-order valence-corrected chi connectivity index (χ4v) is 3.21. The summed E-state index contributed by atoms with van der Waals surface area (Å²) in [6.07, 6.45) is 0.984. The van der Waals surface area contributed by atoms with Gasteiger partial charge >= 0.3 is 0 Å². The summed E-state index contributed by atoms with van der Waals surface area (Å²) in [5.41, 5.74) is 6.18. The van der Waals surface area contributed by atoms with Crippen LogP contribution in [-0.4, -0.2) is 23.8 Å². The lowest BCUT2D eigenvalue weighted by Gasteiger charge is -2.56. The van der Waals surface area contributed by atoms with E-state index in [-0.39, 0.29) is 27.6 Å². The van der Waals surface area contributed by atoms with Crippen LogP contribution in [0.1, 0.15) is 75.7 Å². The predicted octanol–water partition coefficient (Wildman–Crippen LogP) is 3.49. The van der Waals surface area contributed by atoms with E-state index < -0.39 is 0 Å². The van der Waals surface area contributed by atoms with E-state index >= 15 is 0 Å². The quantitative estimate of drug-likeness (QED) is 0.628. The maximum Gasteiger partial charge on any atom is 0.0630 e. The number of nitrogens with two attached hydrogens (primary N) is 1. The highest BCUT2D eigenvalue weighted by molar-refractivity contribution is 5.05. The molecule has 3 nitrogen and oxygen atoms in total. The van der Waals surface area contributed by atoms with E-state index in [0.29, 0.717) is 0 Å². The normalized spacial score (nSPS) is 15.6. The average Bonchev–Trinajstić information content (AvgIpc) is 2.11. The highest BCUT2D eigenvalue weighted by atomic mass is 15.2. The molecule has 0 unspecified atom stereocenters. The lowest BCUT2D eigenvalue weighted by molar-refractivity contribution is -0.0201. The van der Waals surface area contributed by atoms with Gasteiger partial charge in [-0.15, -0.1) is 0 Å². The van der Waals surface area contributed by atoms with E-state index in [1.807, 2.05) is 7.05 Å². The average molecular weight is 286 g/mol. The molecule has 0 heterocycles. The van der Waals surface area contributed by atoms with Crippen LogP contribution in [0.5, 0.6) is 0 Å². The first-order valence-electron chi connectivity index (χ1n) is 7.75. The van der Waals surface area contributed by atoms with Gasteiger partial charge in [-0.1, -0.05) is 27.7 Å². The van der Waals surface area contributed by atoms with Crippen molar-refractivity contribution < 1.29 is 0 Å². The summed E-state index contributed by atoms with van der Waals surface area (Å²) in [6, 6.07) is 0. The third-order valence-electron chi connectivity index (χ3n) is 5.40. The number of hydrogen-bond acceptors (Lipinski definition) is 3. The van der Waals surface area contributed by atoms with Crippen LogP contribution < -0.4 is 16.4 Å². The molecular formula is C17H39N3. The summed E-state index contributed by atoms with van der Waals surface area (Å²) in [4.78, 5) is 0. The summed E-state index contributed by atoms with van der Waals surface area (Å²) in [6.45, 7) is 22.5. The summed E-state index contributed by atoms with van der Waals surface area (Å²) >= 11 is 0. The second-order valence-corrected chi connectivity index (χ2v) is 9.30. The first-order chi connectivity index (χ1) is 8.47. The lowest BCUT2D eigenvalue weighted by Crippen LogP contribution is -2.66. The highest BCUT2D eigenvalue weighted by Gasteiger charge is 2.50. The van der Waals surface area contributed by atoms with Gasteiger partial charge < -0.3 is 11.1 Å². The smallest absolute Gasteiger partial charge is 0.0630 e. The van der Waals surface area contributed by atoms with Gasteiger partial charge in [0.25, 0.3) is 0 Å². The Morgan fingerprint density at radius 2 is 1.20 bits per heavy atom. The van der Waals surface area contributed by atoms with Crippen LogP contribution in [0.15, 0.2) is 0 Å². The van der Waals surface area contributed by atoms with Crippen LogP contribution in [0, 0.1) is 10.8 Å². The number of hydrogen-bond donors (Lipinski definition) is 3. The molecule has 0 aliphatic rings. The van der Waals surface area contributed by atoms with E-state index in [2.05, 4.69) is 79.9 Å². The third kappa shape index (κ3) is 4.71. The second-order valence-electron chi connectivity index (χ2n) is 9.30. The molecule has 0 aromatic heterocycles. The Kier molecular flexibility index (Phi) is 5.55. The zero-order chi connectivity index (χ0) is 16.6. The van der Waals surface area contributed by atoms with Crippen LogP contribution in [-0.2, 0) is 0 Å². The first-order valence-corrected chi connectivity index (χ1v) is 7.75. The van der Waals surface area contributed by atoms with E-state index in [9.17, 15) is 0 Å². The zero-order valence-corrected chi connectivity index (χ0v) is 15.8. The first kappa shape index (κ1) is 19.9. The maximum atomic E-state index is 6.28. The van der Waals surface area contributed by atoms with E-state index in [1.54, 1.807) is 0 Å².